The van der Waals surface area contributed by atoms with E-state index in [9.17, 15) is 9.59 Å². The highest BCUT2D eigenvalue weighted by Gasteiger charge is 2.50. The van der Waals surface area contributed by atoms with Crippen LogP contribution in [0.5, 0.6) is 0 Å². The number of amides is 2. The van der Waals surface area contributed by atoms with Gasteiger partial charge in [-0.15, -0.1) is 0 Å². The van der Waals surface area contributed by atoms with Crippen molar-refractivity contribution in [2.75, 3.05) is 11.9 Å². The highest BCUT2D eigenvalue weighted by Crippen LogP contribution is 2.61. The van der Waals surface area contributed by atoms with E-state index in [1.54, 1.807) is 0 Å². The Hall–Kier alpha value is -1.84. The minimum atomic E-state index is -0.0832. The van der Waals surface area contributed by atoms with Crippen molar-refractivity contribution in [3.8, 4) is 0 Å². The van der Waals surface area contributed by atoms with Crippen LogP contribution in [0.2, 0.25) is 0 Å². The Morgan fingerprint density at radius 1 is 1.00 bits per heavy atom. The van der Waals surface area contributed by atoms with Gasteiger partial charge < -0.3 is 10.6 Å². The van der Waals surface area contributed by atoms with E-state index in [0.717, 1.165) is 42.0 Å². The van der Waals surface area contributed by atoms with Crippen LogP contribution in [0, 0.1) is 23.2 Å². The zero-order chi connectivity index (χ0) is 18.1. The summed E-state index contributed by atoms with van der Waals surface area (Å²) in [4.78, 5) is 23.3. The highest BCUT2D eigenvalue weighted by molar-refractivity contribution is 5.88. The lowest BCUT2D eigenvalue weighted by Crippen LogP contribution is -2.47. The Bertz CT molecular complexity index is 645. The van der Waals surface area contributed by atoms with Gasteiger partial charge in [-0.3, -0.25) is 9.59 Å². The average Bonchev–Trinajstić information content (AvgIpc) is 2.54. The number of hydrogen-bond acceptors (Lipinski definition) is 2. The van der Waals surface area contributed by atoms with Crippen LogP contribution >= 0.6 is 0 Å². The van der Waals surface area contributed by atoms with Gasteiger partial charge in [-0.2, -0.15) is 0 Å². The van der Waals surface area contributed by atoms with E-state index >= 15 is 0 Å². The molecule has 0 aromatic heterocycles. The Morgan fingerprint density at radius 3 is 2.12 bits per heavy atom. The monoisotopic (exact) mass is 354 g/mol. The number of benzene rings is 1. The third-order valence-corrected chi connectivity index (χ3v) is 6.78. The number of hydrogen-bond donors (Lipinski definition) is 2. The maximum absolute atomic E-state index is 12.3. The lowest BCUT2D eigenvalue weighted by atomic mass is 9.49. The van der Waals surface area contributed by atoms with Crippen molar-refractivity contribution in [2.45, 2.75) is 58.3 Å². The van der Waals surface area contributed by atoms with Gasteiger partial charge in [0.2, 0.25) is 11.8 Å². The first-order chi connectivity index (χ1) is 12.5. The summed E-state index contributed by atoms with van der Waals surface area (Å²) in [5.41, 5.74) is 2.28. The molecule has 4 fully saturated rings. The molecule has 4 heteroatoms. The van der Waals surface area contributed by atoms with Crippen LogP contribution in [0.1, 0.15) is 57.4 Å². The summed E-state index contributed by atoms with van der Waals surface area (Å²) >= 11 is 0. The molecule has 2 amide bonds. The van der Waals surface area contributed by atoms with Crippen molar-refractivity contribution in [3.63, 3.8) is 0 Å². The van der Waals surface area contributed by atoms with Gasteiger partial charge in [0, 0.05) is 19.2 Å². The molecule has 0 heterocycles. The lowest BCUT2D eigenvalue weighted by Gasteiger charge is -2.57. The second kappa shape index (κ2) is 7.05. The normalized spacial score (nSPS) is 31.7. The maximum Gasteiger partial charge on any atom is 0.224 e. The number of rotatable bonds is 6. The van der Waals surface area contributed by atoms with E-state index in [1.807, 2.05) is 24.3 Å². The van der Waals surface area contributed by atoms with E-state index in [4.69, 9.17) is 0 Å². The van der Waals surface area contributed by atoms with Crippen LogP contribution in [0.4, 0.5) is 5.69 Å². The van der Waals surface area contributed by atoms with Crippen LogP contribution in [-0.2, 0) is 16.0 Å². The zero-order valence-electron chi connectivity index (χ0n) is 15.7. The van der Waals surface area contributed by atoms with E-state index in [2.05, 4.69) is 10.6 Å². The van der Waals surface area contributed by atoms with Crippen molar-refractivity contribution in [2.24, 2.45) is 23.2 Å². The molecule has 5 rings (SSSR count). The highest BCUT2D eigenvalue weighted by atomic mass is 16.2. The molecule has 4 aliphatic carbocycles. The standard InChI is InChI=1S/C22H30N2O2/c1-15(25)24-20-4-2-16(3-5-20)11-21(26)23-7-6-22-12-17-8-18(13-22)10-19(9-17)14-22/h2-5,17-19H,6-14H2,1H3,(H,23,26)(H,24,25). The smallest absolute Gasteiger partial charge is 0.224 e. The Balaban J connectivity index is 1.24. The van der Waals surface area contributed by atoms with Gasteiger partial charge in [0.15, 0.2) is 0 Å². The first kappa shape index (κ1) is 17.6. The van der Waals surface area contributed by atoms with Crippen molar-refractivity contribution >= 4 is 17.5 Å². The van der Waals surface area contributed by atoms with E-state index in [0.29, 0.717) is 11.8 Å². The molecular formula is C22H30N2O2. The largest absolute Gasteiger partial charge is 0.356 e. The second-order valence-corrected chi connectivity index (χ2v) is 9.07. The fraction of sp³-hybridized carbons (Fsp3) is 0.636. The molecule has 4 aliphatic rings. The molecule has 0 atom stereocenters. The summed E-state index contributed by atoms with van der Waals surface area (Å²) in [5.74, 6) is 2.93. The first-order valence-electron chi connectivity index (χ1n) is 10.1. The molecule has 140 valence electrons. The molecule has 1 aromatic rings. The Labute approximate surface area is 156 Å². The van der Waals surface area contributed by atoms with Crippen LogP contribution < -0.4 is 10.6 Å². The molecule has 0 saturated heterocycles. The van der Waals surface area contributed by atoms with Gasteiger partial charge in [-0.25, -0.2) is 0 Å². The van der Waals surface area contributed by atoms with Gasteiger partial charge in [0.25, 0.3) is 0 Å². The van der Waals surface area contributed by atoms with Gasteiger partial charge in [-0.1, -0.05) is 12.1 Å². The van der Waals surface area contributed by atoms with Crippen molar-refractivity contribution in [3.05, 3.63) is 29.8 Å². The average molecular weight is 354 g/mol. The SMILES string of the molecule is CC(=O)Nc1ccc(CC(=O)NCCC23CC4CC(CC(C4)C2)C3)cc1. The van der Waals surface area contributed by atoms with Crippen LogP contribution in [0.15, 0.2) is 24.3 Å². The van der Waals surface area contributed by atoms with Crippen LogP contribution in [-0.4, -0.2) is 18.4 Å². The first-order valence-corrected chi connectivity index (χ1v) is 10.1. The maximum atomic E-state index is 12.3. The molecule has 4 nitrogen and oxygen atoms in total. The van der Waals surface area contributed by atoms with E-state index < -0.39 is 0 Å². The van der Waals surface area contributed by atoms with Crippen LogP contribution in [0.25, 0.3) is 0 Å². The van der Waals surface area contributed by atoms with Gasteiger partial charge in [0.05, 0.1) is 6.42 Å². The molecule has 2 N–H and O–H groups in total. The summed E-state index contributed by atoms with van der Waals surface area (Å²) in [7, 11) is 0. The Morgan fingerprint density at radius 2 is 1.58 bits per heavy atom. The summed E-state index contributed by atoms with van der Waals surface area (Å²) in [6.45, 7) is 2.31. The molecule has 1 aromatic carbocycles. The van der Waals surface area contributed by atoms with E-state index in [-0.39, 0.29) is 11.8 Å². The molecule has 0 spiro atoms. The fourth-order valence-corrected chi connectivity index (χ4v) is 6.22. The molecular weight excluding hydrogens is 324 g/mol. The van der Waals surface area contributed by atoms with Crippen LogP contribution in [0.3, 0.4) is 0 Å². The molecule has 0 aliphatic heterocycles. The summed E-state index contributed by atoms with van der Waals surface area (Å²) in [6.07, 6.45) is 10.2. The molecule has 4 saturated carbocycles. The van der Waals surface area contributed by atoms with Crippen molar-refractivity contribution in [1.29, 1.82) is 0 Å². The Kier molecular flexibility index (Phi) is 4.76. The number of carbonyl (C=O) groups is 2. The van der Waals surface area contributed by atoms with Gasteiger partial charge >= 0.3 is 0 Å². The van der Waals surface area contributed by atoms with Gasteiger partial charge in [-0.05, 0) is 85.8 Å². The van der Waals surface area contributed by atoms with Gasteiger partial charge in [0.1, 0.15) is 0 Å². The predicted octanol–water partition coefficient (Wildman–Crippen LogP) is 3.91. The summed E-state index contributed by atoms with van der Waals surface area (Å²) in [5, 5.41) is 5.89. The minimum absolute atomic E-state index is 0.0832. The number of anilines is 1. The summed E-state index contributed by atoms with van der Waals surface area (Å²) in [6, 6.07) is 7.51. The molecule has 4 bridgehead atoms. The van der Waals surface area contributed by atoms with Crippen molar-refractivity contribution in [1.82, 2.24) is 5.32 Å². The third kappa shape index (κ3) is 3.94. The number of nitrogens with one attached hydrogen (secondary N) is 2. The molecule has 0 unspecified atom stereocenters. The fourth-order valence-electron chi connectivity index (χ4n) is 6.22. The predicted molar refractivity (Wildman–Crippen MR) is 103 cm³/mol. The lowest BCUT2D eigenvalue weighted by molar-refractivity contribution is -0.121. The molecule has 26 heavy (non-hydrogen) atoms. The molecule has 0 radical (unpaired) electrons. The van der Waals surface area contributed by atoms with E-state index in [1.165, 1.54) is 45.4 Å². The topological polar surface area (TPSA) is 58.2 Å². The quantitative estimate of drug-likeness (QED) is 0.814. The van der Waals surface area contributed by atoms with Crippen molar-refractivity contribution < 1.29 is 9.59 Å². The summed E-state index contributed by atoms with van der Waals surface area (Å²) < 4.78 is 0. The minimum Gasteiger partial charge on any atom is -0.356 e. The number of carbonyl (C=O) groups excluding carboxylic acids is 2. The zero-order valence-corrected chi connectivity index (χ0v) is 15.7. The third-order valence-electron chi connectivity index (χ3n) is 6.78. The second-order valence-electron chi connectivity index (χ2n) is 9.07.